The van der Waals surface area contributed by atoms with Crippen LogP contribution in [0, 0.1) is 10.1 Å². The summed E-state index contributed by atoms with van der Waals surface area (Å²) < 4.78 is 70.7. The van der Waals surface area contributed by atoms with E-state index in [1.54, 1.807) is 0 Å². The Bertz CT molecular complexity index is 1050. The number of hydrogen-bond donors (Lipinski definition) is 0. The first-order valence-corrected chi connectivity index (χ1v) is 10.2. The van der Waals surface area contributed by atoms with Gasteiger partial charge >= 0.3 is 11.9 Å². The molecule has 1 aliphatic heterocycles. The van der Waals surface area contributed by atoms with Gasteiger partial charge in [-0.15, -0.1) is 0 Å². The van der Waals surface area contributed by atoms with E-state index in [-0.39, 0.29) is 29.5 Å². The zero-order chi connectivity index (χ0) is 22.1. The summed E-state index contributed by atoms with van der Waals surface area (Å²) in [7, 11) is -2.10. The molecule has 2 aromatic rings. The third kappa shape index (κ3) is 4.71. The summed E-state index contributed by atoms with van der Waals surface area (Å²) in [5.74, 6) is -0.626. The van der Waals surface area contributed by atoms with Crippen molar-refractivity contribution in [3.05, 3.63) is 58.1 Å². The molecule has 1 heterocycles. The van der Waals surface area contributed by atoms with Crippen molar-refractivity contribution in [1.82, 2.24) is 9.21 Å². The van der Waals surface area contributed by atoms with E-state index in [0.717, 1.165) is 30.3 Å². The Morgan fingerprint density at radius 3 is 2.33 bits per heavy atom. The molecular weight excluding hydrogens is 427 g/mol. The van der Waals surface area contributed by atoms with Crippen LogP contribution in [0.3, 0.4) is 0 Å². The molecule has 8 nitrogen and oxygen atoms in total. The molecule has 0 aromatic heterocycles. The number of piperazine rings is 1. The molecular formula is C18H18F3N3O5S. The molecule has 0 amide bonds. The minimum atomic E-state index is -4.61. The number of hydrogen-bond acceptors (Lipinski definition) is 6. The Kier molecular flexibility index (Phi) is 6.01. The highest BCUT2D eigenvalue weighted by Crippen LogP contribution is 2.36. The fourth-order valence-electron chi connectivity index (χ4n) is 2.93. The van der Waals surface area contributed by atoms with Gasteiger partial charge in [0.25, 0.3) is 0 Å². The summed E-state index contributed by atoms with van der Waals surface area (Å²) in [5, 5.41) is 11.5. The lowest BCUT2D eigenvalue weighted by Gasteiger charge is -2.31. The van der Waals surface area contributed by atoms with Gasteiger partial charge in [-0.25, -0.2) is 8.42 Å². The fourth-order valence-corrected chi connectivity index (χ4v) is 4.37. The zero-order valence-electron chi connectivity index (χ0n) is 15.8. The van der Waals surface area contributed by atoms with Crippen LogP contribution in [-0.2, 0) is 16.2 Å². The monoisotopic (exact) mass is 445 g/mol. The van der Waals surface area contributed by atoms with Gasteiger partial charge in [-0.1, -0.05) is 6.07 Å². The maximum Gasteiger partial charge on any atom is 0.416 e. The Morgan fingerprint density at radius 1 is 1.07 bits per heavy atom. The second-order valence-corrected chi connectivity index (χ2v) is 8.66. The van der Waals surface area contributed by atoms with E-state index in [1.807, 2.05) is 11.9 Å². The summed E-state index contributed by atoms with van der Waals surface area (Å²) >= 11 is 0. The first-order chi connectivity index (χ1) is 14.0. The molecule has 0 N–H and O–H groups in total. The number of likely N-dealkylation sites (N-methyl/N-ethyl adjacent to an activating group) is 1. The van der Waals surface area contributed by atoms with Crippen LogP contribution in [0.1, 0.15) is 5.56 Å². The normalized spacial score (nSPS) is 16.4. The predicted molar refractivity (Wildman–Crippen MR) is 101 cm³/mol. The number of nitro groups is 1. The molecule has 0 bridgehead atoms. The maximum absolute atomic E-state index is 12.9. The second kappa shape index (κ2) is 8.20. The van der Waals surface area contributed by atoms with Crippen LogP contribution in [0.25, 0.3) is 0 Å². The van der Waals surface area contributed by atoms with Gasteiger partial charge in [0, 0.05) is 32.2 Å². The van der Waals surface area contributed by atoms with E-state index in [0.29, 0.717) is 19.2 Å². The molecule has 2 aromatic carbocycles. The van der Waals surface area contributed by atoms with Crippen LogP contribution in [0.2, 0.25) is 0 Å². The number of benzene rings is 2. The lowest BCUT2D eigenvalue weighted by molar-refractivity contribution is -0.385. The molecule has 0 unspecified atom stereocenters. The predicted octanol–water partition coefficient (Wildman–Crippen LogP) is 3.34. The number of alkyl halides is 3. The Balaban J connectivity index is 1.92. The zero-order valence-corrected chi connectivity index (χ0v) is 16.6. The lowest BCUT2D eigenvalue weighted by Crippen LogP contribution is -2.47. The Labute approximate surface area is 170 Å². The van der Waals surface area contributed by atoms with E-state index in [9.17, 15) is 31.7 Å². The second-order valence-electron chi connectivity index (χ2n) is 6.72. The van der Waals surface area contributed by atoms with Crippen molar-refractivity contribution in [2.75, 3.05) is 33.2 Å². The van der Waals surface area contributed by atoms with Gasteiger partial charge in [0.1, 0.15) is 5.75 Å². The van der Waals surface area contributed by atoms with Gasteiger partial charge in [0.2, 0.25) is 15.8 Å². The van der Waals surface area contributed by atoms with Crippen LogP contribution in [0.4, 0.5) is 18.9 Å². The van der Waals surface area contributed by atoms with Crippen molar-refractivity contribution >= 4 is 15.7 Å². The Morgan fingerprint density at radius 2 is 1.73 bits per heavy atom. The van der Waals surface area contributed by atoms with E-state index in [4.69, 9.17) is 4.74 Å². The molecule has 162 valence electrons. The number of nitro benzene ring substituents is 1. The first kappa shape index (κ1) is 22.0. The summed E-state index contributed by atoms with van der Waals surface area (Å²) in [6, 6.07) is 6.94. The summed E-state index contributed by atoms with van der Waals surface area (Å²) in [6.45, 7) is 1.54. The van der Waals surface area contributed by atoms with Crippen molar-refractivity contribution in [2.45, 2.75) is 11.1 Å². The molecule has 3 rings (SSSR count). The van der Waals surface area contributed by atoms with Crippen LogP contribution in [0.15, 0.2) is 47.4 Å². The van der Waals surface area contributed by atoms with E-state index in [2.05, 4.69) is 0 Å². The van der Waals surface area contributed by atoms with Crippen LogP contribution in [-0.4, -0.2) is 55.8 Å². The van der Waals surface area contributed by atoms with E-state index < -0.39 is 32.4 Å². The number of rotatable bonds is 5. The van der Waals surface area contributed by atoms with Crippen LogP contribution in [0.5, 0.6) is 11.5 Å². The fraction of sp³-hybridized carbons (Fsp3) is 0.333. The van der Waals surface area contributed by atoms with Crippen molar-refractivity contribution in [2.24, 2.45) is 0 Å². The molecule has 30 heavy (non-hydrogen) atoms. The summed E-state index contributed by atoms with van der Waals surface area (Å²) in [5.41, 5.74) is -1.64. The minimum Gasteiger partial charge on any atom is -0.450 e. The molecule has 0 saturated carbocycles. The SMILES string of the molecule is CN1CCN(S(=O)(=O)c2ccc(Oc3cccc(C(F)(F)F)c3)c([N+](=O)[O-])c2)CC1. The Hall–Kier alpha value is -2.70. The molecule has 0 atom stereocenters. The molecule has 0 aliphatic carbocycles. The van der Waals surface area contributed by atoms with Gasteiger partial charge in [-0.05, 0) is 37.4 Å². The topological polar surface area (TPSA) is 93.0 Å². The number of ether oxygens (including phenoxy) is 1. The van der Waals surface area contributed by atoms with E-state index in [1.165, 1.54) is 10.4 Å². The van der Waals surface area contributed by atoms with Gasteiger partial charge in [-0.3, -0.25) is 10.1 Å². The highest BCUT2D eigenvalue weighted by Gasteiger charge is 2.32. The average molecular weight is 445 g/mol. The van der Waals surface area contributed by atoms with E-state index >= 15 is 0 Å². The highest BCUT2D eigenvalue weighted by atomic mass is 32.2. The van der Waals surface area contributed by atoms with Gasteiger partial charge in [-0.2, -0.15) is 17.5 Å². The van der Waals surface area contributed by atoms with Crippen molar-refractivity contribution in [3.8, 4) is 11.5 Å². The average Bonchev–Trinajstić information content (AvgIpc) is 2.68. The maximum atomic E-state index is 12.9. The highest BCUT2D eigenvalue weighted by molar-refractivity contribution is 7.89. The van der Waals surface area contributed by atoms with Crippen molar-refractivity contribution in [3.63, 3.8) is 0 Å². The summed E-state index contributed by atoms with van der Waals surface area (Å²) in [4.78, 5) is 12.3. The summed E-state index contributed by atoms with van der Waals surface area (Å²) in [6.07, 6.45) is -4.61. The van der Waals surface area contributed by atoms with Crippen molar-refractivity contribution < 1.29 is 31.2 Å². The first-order valence-electron chi connectivity index (χ1n) is 8.81. The molecule has 1 aliphatic rings. The molecule has 0 radical (unpaired) electrons. The van der Waals surface area contributed by atoms with Crippen LogP contribution >= 0.6 is 0 Å². The molecule has 0 spiro atoms. The lowest BCUT2D eigenvalue weighted by atomic mass is 10.2. The number of sulfonamides is 1. The van der Waals surface area contributed by atoms with Gasteiger partial charge in [0.05, 0.1) is 15.4 Å². The van der Waals surface area contributed by atoms with Gasteiger partial charge < -0.3 is 9.64 Å². The van der Waals surface area contributed by atoms with Crippen LogP contribution < -0.4 is 4.74 Å². The number of halogens is 3. The molecule has 1 fully saturated rings. The molecule has 1 saturated heterocycles. The standard InChI is InChI=1S/C18H18F3N3O5S/c1-22-7-9-23(10-8-22)30(27,28)15-5-6-17(16(12-15)24(25)26)29-14-4-2-3-13(11-14)18(19,20)21/h2-6,11-12H,7-10H2,1H3. The van der Waals surface area contributed by atoms with Crippen molar-refractivity contribution in [1.29, 1.82) is 0 Å². The minimum absolute atomic E-state index is 0.245. The largest absolute Gasteiger partial charge is 0.450 e. The third-order valence-electron chi connectivity index (χ3n) is 4.62. The van der Waals surface area contributed by atoms with Gasteiger partial charge in [0.15, 0.2) is 0 Å². The number of nitrogens with zero attached hydrogens (tertiary/aromatic N) is 3. The third-order valence-corrected chi connectivity index (χ3v) is 6.51. The molecule has 12 heteroatoms. The quantitative estimate of drug-likeness (QED) is 0.518. The smallest absolute Gasteiger partial charge is 0.416 e.